The van der Waals surface area contributed by atoms with Crippen molar-refractivity contribution >= 4 is 0 Å². The molecular weight excluding hydrogens is 186 g/mol. The van der Waals surface area contributed by atoms with Crippen LogP contribution >= 0.6 is 0 Å². The minimum Gasteiger partial charge on any atom is -0.465 e. The van der Waals surface area contributed by atoms with Crippen LogP contribution in [-0.4, -0.2) is 6.54 Å². The Labute approximate surface area is 91.8 Å². The number of fused-ring (bicyclic) bond motifs is 1. The van der Waals surface area contributed by atoms with Gasteiger partial charge in [-0.2, -0.15) is 0 Å². The van der Waals surface area contributed by atoms with Gasteiger partial charge in [-0.3, -0.25) is 0 Å². The van der Waals surface area contributed by atoms with Crippen LogP contribution in [0, 0.1) is 0 Å². The highest BCUT2D eigenvalue weighted by molar-refractivity contribution is 5.37. The first-order valence-electron chi connectivity index (χ1n) is 6.07. The standard InChI is InChI=1S/C13H21NO/c1-9(2)13-11(7-8-14)10-5-3-4-6-12(10)15-13/h9H,3-8,14H2,1-2H3. The lowest BCUT2D eigenvalue weighted by molar-refractivity contribution is 0.428. The molecule has 0 saturated carbocycles. The monoisotopic (exact) mass is 207 g/mol. The summed E-state index contributed by atoms with van der Waals surface area (Å²) in [7, 11) is 0. The third-order valence-corrected chi connectivity index (χ3v) is 3.23. The molecule has 2 heteroatoms. The van der Waals surface area contributed by atoms with Gasteiger partial charge in [-0.25, -0.2) is 0 Å². The van der Waals surface area contributed by atoms with Gasteiger partial charge in [-0.1, -0.05) is 13.8 Å². The van der Waals surface area contributed by atoms with E-state index in [2.05, 4.69) is 13.8 Å². The first kappa shape index (κ1) is 10.7. The molecule has 0 bridgehead atoms. The van der Waals surface area contributed by atoms with Crippen LogP contribution in [0.1, 0.15) is 55.3 Å². The summed E-state index contributed by atoms with van der Waals surface area (Å²) in [6.45, 7) is 5.13. The molecule has 0 atom stereocenters. The molecule has 0 aromatic carbocycles. The van der Waals surface area contributed by atoms with E-state index in [0.29, 0.717) is 5.92 Å². The van der Waals surface area contributed by atoms with Crippen molar-refractivity contribution < 1.29 is 4.42 Å². The summed E-state index contributed by atoms with van der Waals surface area (Å²) in [6, 6.07) is 0. The number of aryl methyl sites for hydroxylation is 1. The second-order valence-electron chi connectivity index (χ2n) is 4.75. The van der Waals surface area contributed by atoms with Gasteiger partial charge in [0.2, 0.25) is 0 Å². The zero-order valence-electron chi connectivity index (χ0n) is 9.81. The second-order valence-corrected chi connectivity index (χ2v) is 4.75. The van der Waals surface area contributed by atoms with E-state index in [1.165, 1.54) is 41.9 Å². The Kier molecular flexibility index (Phi) is 3.15. The predicted molar refractivity (Wildman–Crippen MR) is 62.2 cm³/mol. The molecule has 1 heterocycles. The van der Waals surface area contributed by atoms with Crippen molar-refractivity contribution in [2.24, 2.45) is 5.73 Å². The maximum absolute atomic E-state index is 6.00. The fraction of sp³-hybridized carbons (Fsp3) is 0.692. The molecule has 15 heavy (non-hydrogen) atoms. The van der Waals surface area contributed by atoms with E-state index < -0.39 is 0 Å². The van der Waals surface area contributed by atoms with Crippen molar-refractivity contribution in [3.8, 4) is 0 Å². The van der Waals surface area contributed by atoms with Gasteiger partial charge in [0.05, 0.1) is 0 Å². The number of hydrogen-bond acceptors (Lipinski definition) is 2. The van der Waals surface area contributed by atoms with E-state index in [1.54, 1.807) is 0 Å². The zero-order valence-corrected chi connectivity index (χ0v) is 9.81. The first-order valence-corrected chi connectivity index (χ1v) is 6.07. The van der Waals surface area contributed by atoms with Crippen molar-refractivity contribution in [1.82, 2.24) is 0 Å². The quantitative estimate of drug-likeness (QED) is 0.827. The van der Waals surface area contributed by atoms with Crippen molar-refractivity contribution in [3.05, 3.63) is 22.6 Å². The molecule has 2 nitrogen and oxygen atoms in total. The summed E-state index contributed by atoms with van der Waals surface area (Å²) in [5.74, 6) is 2.91. The highest BCUT2D eigenvalue weighted by atomic mass is 16.3. The van der Waals surface area contributed by atoms with Gasteiger partial charge in [0, 0.05) is 12.3 Å². The van der Waals surface area contributed by atoms with Crippen molar-refractivity contribution in [1.29, 1.82) is 0 Å². The van der Waals surface area contributed by atoms with E-state index in [-0.39, 0.29) is 0 Å². The predicted octanol–water partition coefficient (Wildman–Crippen LogP) is 2.78. The second kappa shape index (κ2) is 4.40. The van der Waals surface area contributed by atoms with Gasteiger partial charge >= 0.3 is 0 Å². The summed E-state index contributed by atoms with van der Waals surface area (Å²) in [5, 5.41) is 0. The normalized spacial score (nSPS) is 15.7. The molecule has 0 radical (unpaired) electrons. The number of furan rings is 1. The molecule has 2 rings (SSSR count). The molecule has 0 unspecified atom stereocenters. The third kappa shape index (κ3) is 1.96. The molecule has 2 N–H and O–H groups in total. The average Bonchev–Trinajstić information content (AvgIpc) is 2.58. The molecule has 1 aromatic heterocycles. The topological polar surface area (TPSA) is 39.2 Å². The lowest BCUT2D eigenvalue weighted by Crippen LogP contribution is -2.08. The van der Waals surface area contributed by atoms with Crippen LogP contribution in [0.15, 0.2) is 4.42 Å². The fourth-order valence-electron chi connectivity index (χ4n) is 2.54. The van der Waals surface area contributed by atoms with Crippen molar-refractivity contribution in [2.45, 2.75) is 51.9 Å². The molecule has 1 aliphatic carbocycles. The summed E-state index contributed by atoms with van der Waals surface area (Å²) in [4.78, 5) is 0. The van der Waals surface area contributed by atoms with Gasteiger partial charge in [0.25, 0.3) is 0 Å². The van der Waals surface area contributed by atoms with E-state index in [9.17, 15) is 0 Å². The third-order valence-electron chi connectivity index (χ3n) is 3.23. The van der Waals surface area contributed by atoms with Crippen LogP contribution in [0.2, 0.25) is 0 Å². The minimum absolute atomic E-state index is 0.483. The van der Waals surface area contributed by atoms with Crippen LogP contribution in [0.4, 0.5) is 0 Å². The Morgan fingerprint density at radius 2 is 2.00 bits per heavy atom. The first-order chi connectivity index (χ1) is 7.24. The highest BCUT2D eigenvalue weighted by Gasteiger charge is 2.23. The van der Waals surface area contributed by atoms with Crippen LogP contribution in [0.25, 0.3) is 0 Å². The summed E-state index contributed by atoms with van der Waals surface area (Å²) >= 11 is 0. The van der Waals surface area contributed by atoms with Gasteiger partial charge in [-0.05, 0) is 43.4 Å². The van der Waals surface area contributed by atoms with Gasteiger partial charge in [0.1, 0.15) is 11.5 Å². The van der Waals surface area contributed by atoms with Crippen LogP contribution in [-0.2, 0) is 19.3 Å². The summed E-state index contributed by atoms with van der Waals surface area (Å²) in [6.07, 6.45) is 5.88. The Hall–Kier alpha value is -0.760. The molecule has 0 spiro atoms. The number of rotatable bonds is 3. The van der Waals surface area contributed by atoms with E-state index >= 15 is 0 Å². The van der Waals surface area contributed by atoms with E-state index in [1.807, 2.05) is 0 Å². The molecular formula is C13H21NO. The molecule has 1 aromatic rings. The average molecular weight is 207 g/mol. The highest BCUT2D eigenvalue weighted by Crippen LogP contribution is 2.33. The number of nitrogens with two attached hydrogens (primary N) is 1. The van der Waals surface area contributed by atoms with Crippen LogP contribution in [0.5, 0.6) is 0 Å². The molecule has 0 aliphatic heterocycles. The van der Waals surface area contributed by atoms with Gasteiger partial charge in [-0.15, -0.1) is 0 Å². The van der Waals surface area contributed by atoms with Crippen molar-refractivity contribution in [3.63, 3.8) is 0 Å². The van der Waals surface area contributed by atoms with E-state index in [0.717, 1.165) is 19.4 Å². The molecule has 84 valence electrons. The maximum Gasteiger partial charge on any atom is 0.110 e. The lowest BCUT2D eigenvalue weighted by atomic mass is 9.92. The summed E-state index contributed by atoms with van der Waals surface area (Å²) < 4.78 is 6.00. The molecule has 0 fully saturated rings. The Bertz CT molecular complexity index is 339. The number of hydrogen-bond donors (Lipinski definition) is 1. The Morgan fingerprint density at radius 3 is 2.67 bits per heavy atom. The van der Waals surface area contributed by atoms with Crippen molar-refractivity contribution in [2.75, 3.05) is 6.54 Å². The Balaban J connectivity index is 2.41. The van der Waals surface area contributed by atoms with E-state index in [4.69, 9.17) is 10.2 Å². The van der Waals surface area contributed by atoms with Gasteiger partial charge in [0.15, 0.2) is 0 Å². The fourth-order valence-corrected chi connectivity index (χ4v) is 2.54. The molecule has 0 saturated heterocycles. The molecule has 0 amide bonds. The largest absolute Gasteiger partial charge is 0.465 e. The summed E-state index contributed by atoms with van der Waals surface area (Å²) in [5.41, 5.74) is 8.58. The maximum atomic E-state index is 6.00. The SMILES string of the molecule is CC(C)c1oc2c(c1CCN)CCCC2. The van der Waals surface area contributed by atoms with Gasteiger partial charge < -0.3 is 10.2 Å². The van der Waals surface area contributed by atoms with Crippen LogP contribution < -0.4 is 5.73 Å². The Morgan fingerprint density at radius 1 is 1.27 bits per heavy atom. The lowest BCUT2D eigenvalue weighted by Gasteiger charge is -2.10. The smallest absolute Gasteiger partial charge is 0.110 e. The zero-order chi connectivity index (χ0) is 10.8. The minimum atomic E-state index is 0.483. The molecule has 1 aliphatic rings. The van der Waals surface area contributed by atoms with Crippen LogP contribution in [0.3, 0.4) is 0 Å².